The van der Waals surface area contributed by atoms with Crippen molar-refractivity contribution >= 4 is 23.7 Å². The first-order valence-corrected chi connectivity index (χ1v) is 14.5. The zero-order valence-electron chi connectivity index (χ0n) is 24.4. The lowest BCUT2D eigenvalue weighted by Gasteiger charge is -2.38. The summed E-state index contributed by atoms with van der Waals surface area (Å²) in [5, 5.41) is 4.54. The van der Waals surface area contributed by atoms with Crippen molar-refractivity contribution in [1.82, 2.24) is 29.2 Å². The van der Waals surface area contributed by atoms with Crippen LogP contribution in [0.15, 0.2) is 24.4 Å². The van der Waals surface area contributed by atoms with E-state index in [1.165, 1.54) is 0 Å². The molecule has 1 amide bonds. The Morgan fingerprint density at radius 3 is 2.66 bits per heavy atom. The van der Waals surface area contributed by atoms with Crippen LogP contribution in [0.25, 0.3) is 22.9 Å². The molecule has 2 aromatic heterocycles. The monoisotopic (exact) mass is 584 g/mol. The van der Waals surface area contributed by atoms with Crippen molar-refractivity contribution in [2.24, 2.45) is 0 Å². The third-order valence-electron chi connectivity index (χ3n) is 7.10. The number of ether oxygens (including phenoxy) is 3. The van der Waals surface area contributed by atoms with Gasteiger partial charge in [-0.1, -0.05) is 6.07 Å². The molecule has 2 aliphatic heterocycles. The van der Waals surface area contributed by atoms with Crippen molar-refractivity contribution < 1.29 is 23.8 Å². The number of halogens is 1. The number of hydrogen-bond acceptors (Lipinski definition) is 8. The average molecular weight is 585 g/mol. The molecule has 5 rings (SSSR count). The molecule has 41 heavy (non-hydrogen) atoms. The van der Waals surface area contributed by atoms with E-state index >= 15 is 0 Å². The molecular weight excluding hydrogens is 548 g/mol. The number of likely N-dealkylation sites (tertiary alicyclic amines) is 1. The number of nitrogens with zero attached hydrogens (tertiary/aromatic N) is 6. The Kier molecular flexibility index (Phi) is 8.00. The molecule has 0 unspecified atom stereocenters. The Morgan fingerprint density at radius 1 is 1.17 bits per heavy atom. The number of aromatic nitrogens is 5. The van der Waals surface area contributed by atoms with Gasteiger partial charge in [-0.3, -0.25) is 4.79 Å². The van der Waals surface area contributed by atoms with Gasteiger partial charge in [0.05, 0.1) is 18.7 Å². The number of carbonyl (C=O) groups is 2. The number of benzene rings is 1. The smallest absolute Gasteiger partial charge is 0.410 e. The Morgan fingerprint density at radius 2 is 1.95 bits per heavy atom. The van der Waals surface area contributed by atoms with Crippen molar-refractivity contribution in [1.29, 1.82) is 0 Å². The van der Waals surface area contributed by atoms with Gasteiger partial charge in [0, 0.05) is 24.7 Å². The van der Waals surface area contributed by atoms with Gasteiger partial charge in [0.2, 0.25) is 0 Å². The number of carbonyl (C=O) groups excluding carboxylic acids is 2. The molecule has 0 N–H and O–H groups in total. The summed E-state index contributed by atoms with van der Waals surface area (Å²) in [4.78, 5) is 36.2. The number of fused-ring (bicyclic) bond motifs is 3. The van der Waals surface area contributed by atoms with Gasteiger partial charge in [0.25, 0.3) is 0 Å². The van der Waals surface area contributed by atoms with Crippen LogP contribution >= 0.6 is 11.6 Å². The summed E-state index contributed by atoms with van der Waals surface area (Å²) in [6.07, 6.45) is 1.57. The highest BCUT2D eigenvalue weighted by Crippen LogP contribution is 2.39. The summed E-state index contributed by atoms with van der Waals surface area (Å²) in [5.41, 5.74) is 1.95. The van der Waals surface area contributed by atoms with Crippen LogP contribution in [-0.2, 0) is 20.8 Å². The molecule has 2 aliphatic rings. The van der Waals surface area contributed by atoms with Gasteiger partial charge in [0.1, 0.15) is 47.3 Å². The predicted molar refractivity (Wildman–Crippen MR) is 153 cm³/mol. The van der Waals surface area contributed by atoms with Crippen molar-refractivity contribution in [2.45, 2.75) is 78.2 Å². The van der Waals surface area contributed by atoms with Crippen LogP contribution in [0.1, 0.15) is 64.4 Å². The van der Waals surface area contributed by atoms with Crippen molar-refractivity contribution in [3.8, 4) is 28.7 Å². The maximum Gasteiger partial charge on any atom is 0.410 e. The lowest BCUT2D eigenvalue weighted by molar-refractivity contribution is -0.149. The van der Waals surface area contributed by atoms with E-state index in [9.17, 15) is 9.59 Å². The number of piperidine rings is 1. The lowest BCUT2D eigenvalue weighted by Crippen LogP contribution is -2.49. The number of esters is 1. The van der Waals surface area contributed by atoms with Gasteiger partial charge in [-0.05, 0) is 65.7 Å². The Balaban J connectivity index is 1.44. The molecule has 1 fully saturated rings. The number of alkyl halides is 1. The predicted octanol–water partition coefficient (Wildman–Crippen LogP) is 4.97. The van der Waals surface area contributed by atoms with E-state index in [1.54, 1.807) is 4.90 Å². The van der Waals surface area contributed by atoms with Crippen LogP contribution in [0, 0.1) is 6.92 Å². The third kappa shape index (κ3) is 6.19. The average Bonchev–Trinajstić information content (AvgIpc) is 3.47. The normalized spacial score (nSPS) is 18.8. The number of imidazole rings is 1. The zero-order valence-corrected chi connectivity index (χ0v) is 25.1. The summed E-state index contributed by atoms with van der Waals surface area (Å²) in [5.74, 6) is 1.98. The standard InChI is InChI=1S/C29H37ClN6O5/c1-17(2)36-27(31-18(3)33-36)22-15-34-11-12-39-23-13-19(7-8-21(23)26(34)32-22)20-9-10-35(28(38)41-29(4,5)6)16-24(20)40-25(37)14-30/h7-8,13,15,17,20,24H,9-12,14,16H2,1-6H3/t20-,24-/m0/s1. The molecule has 0 saturated carbocycles. The summed E-state index contributed by atoms with van der Waals surface area (Å²) in [6, 6.07) is 6.16. The zero-order chi connectivity index (χ0) is 29.5. The molecular formula is C29H37ClN6O5. The summed E-state index contributed by atoms with van der Waals surface area (Å²) in [6.45, 7) is 13.3. The molecule has 0 bridgehead atoms. The third-order valence-corrected chi connectivity index (χ3v) is 7.32. The number of rotatable bonds is 5. The van der Waals surface area contributed by atoms with Crippen LogP contribution in [0.2, 0.25) is 0 Å². The summed E-state index contributed by atoms with van der Waals surface area (Å²) < 4.78 is 21.4. The first kappa shape index (κ1) is 28.9. The SMILES string of the molecule is Cc1nc(-c2cn3c(n2)-c2ccc([C@@H]4CCN(C(=O)OC(C)(C)C)C[C@@H]4OC(=O)CCl)cc2OCC3)n(C(C)C)n1. The van der Waals surface area contributed by atoms with Crippen LogP contribution in [-0.4, -0.2) is 78.6 Å². The molecule has 1 aromatic carbocycles. The molecule has 0 aliphatic carbocycles. The first-order chi connectivity index (χ1) is 19.4. The molecule has 0 radical (unpaired) electrons. The van der Waals surface area contributed by atoms with Crippen molar-refractivity contribution in [2.75, 3.05) is 25.6 Å². The van der Waals surface area contributed by atoms with Gasteiger partial charge in [0.15, 0.2) is 5.82 Å². The van der Waals surface area contributed by atoms with E-state index in [1.807, 2.05) is 56.8 Å². The molecule has 11 nitrogen and oxygen atoms in total. The second-order valence-electron chi connectivity index (χ2n) is 11.8. The topological polar surface area (TPSA) is 114 Å². The number of amides is 1. The van der Waals surface area contributed by atoms with E-state index in [0.717, 1.165) is 28.5 Å². The summed E-state index contributed by atoms with van der Waals surface area (Å²) in [7, 11) is 0. The molecule has 1 saturated heterocycles. The van der Waals surface area contributed by atoms with Crippen molar-refractivity contribution in [3.05, 3.63) is 35.8 Å². The minimum Gasteiger partial charge on any atom is -0.491 e. The van der Waals surface area contributed by atoms with Crippen molar-refractivity contribution in [3.63, 3.8) is 0 Å². The van der Waals surface area contributed by atoms with Gasteiger partial charge in [-0.25, -0.2) is 19.4 Å². The number of aryl methyl sites for hydroxylation is 1. The molecule has 2 atom stereocenters. The van der Waals surface area contributed by atoms with E-state index in [4.69, 9.17) is 30.8 Å². The first-order valence-electron chi connectivity index (χ1n) is 13.9. The fourth-order valence-electron chi connectivity index (χ4n) is 5.31. The van der Waals surface area contributed by atoms with E-state index in [-0.39, 0.29) is 24.4 Å². The van der Waals surface area contributed by atoms with Gasteiger partial charge in [-0.2, -0.15) is 5.10 Å². The highest BCUT2D eigenvalue weighted by Gasteiger charge is 2.37. The maximum absolute atomic E-state index is 12.8. The Labute approximate surface area is 244 Å². The molecule has 4 heterocycles. The summed E-state index contributed by atoms with van der Waals surface area (Å²) >= 11 is 5.77. The lowest BCUT2D eigenvalue weighted by atomic mass is 9.86. The van der Waals surface area contributed by atoms with E-state index in [0.29, 0.717) is 37.7 Å². The molecule has 3 aromatic rings. The molecule has 0 spiro atoms. The fourth-order valence-corrected chi connectivity index (χ4v) is 5.37. The minimum atomic E-state index is -0.626. The quantitative estimate of drug-likeness (QED) is 0.305. The highest BCUT2D eigenvalue weighted by molar-refractivity contribution is 6.26. The second kappa shape index (κ2) is 11.3. The Hall–Kier alpha value is -3.60. The van der Waals surface area contributed by atoms with Crippen LogP contribution in [0.5, 0.6) is 5.75 Å². The second-order valence-corrected chi connectivity index (χ2v) is 12.0. The maximum atomic E-state index is 12.8. The van der Waals surface area contributed by atoms with E-state index in [2.05, 4.69) is 28.5 Å². The largest absolute Gasteiger partial charge is 0.491 e. The highest BCUT2D eigenvalue weighted by atomic mass is 35.5. The fraction of sp³-hybridized carbons (Fsp3) is 0.552. The van der Waals surface area contributed by atoms with E-state index < -0.39 is 23.8 Å². The van der Waals surface area contributed by atoms with Crippen LogP contribution in [0.3, 0.4) is 0 Å². The number of hydrogen-bond donors (Lipinski definition) is 0. The van der Waals surface area contributed by atoms with Gasteiger partial charge >= 0.3 is 12.1 Å². The molecule has 220 valence electrons. The molecule has 12 heteroatoms. The van der Waals surface area contributed by atoms with Crippen LogP contribution in [0.4, 0.5) is 4.79 Å². The van der Waals surface area contributed by atoms with Gasteiger partial charge in [-0.15, -0.1) is 11.6 Å². The minimum absolute atomic E-state index is 0.147. The van der Waals surface area contributed by atoms with Crippen LogP contribution < -0.4 is 4.74 Å². The van der Waals surface area contributed by atoms with Gasteiger partial charge < -0.3 is 23.7 Å². The Bertz CT molecular complexity index is 1440.